The van der Waals surface area contributed by atoms with Crippen molar-refractivity contribution in [3.05, 3.63) is 12.2 Å². The minimum Gasteiger partial charge on any atom is -0.390 e. The van der Waals surface area contributed by atoms with Crippen molar-refractivity contribution < 1.29 is 14.6 Å². The van der Waals surface area contributed by atoms with Gasteiger partial charge in [0.15, 0.2) is 0 Å². The average Bonchev–Trinajstić information content (AvgIpc) is 2.42. The first-order valence-corrected chi connectivity index (χ1v) is 6.23. The summed E-state index contributed by atoms with van der Waals surface area (Å²) in [6.07, 6.45) is 4.08. The lowest BCUT2D eigenvalue weighted by atomic mass is 9.77. The molecule has 2 bridgehead atoms. The van der Waals surface area contributed by atoms with Crippen LogP contribution in [0.2, 0.25) is 0 Å². The molecule has 4 heteroatoms. The molecule has 0 unspecified atom stereocenters. The molecule has 0 aromatic heterocycles. The first-order valence-electron chi connectivity index (χ1n) is 5.11. The first kappa shape index (κ1) is 11.6. The van der Waals surface area contributed by atoms with E-state index in [2.05, 4.69) is 15.9 Å². The van der Waals surface area contributed by atoms with Gasteiger partial charge < -0.3 is 14.6 Å². The van der Waals surface area contributed by atoms with Crippen LogP contribution < -0.4 is 0 Å². The van der Waals surface area contributed by atoms with Gasteiger partial charge in [0.1, 0.15) is 11.2 Å². The van der Waals surface area contributed by atoms with Crippen LogP contribution in [0.3, 0.4) is 0 Å². The Morgan fingerprint density at radius 3 is 2.73 bits per heavy atom. The highest BCUT2D eigenvalue weighted by molar-refractivity contribution is 9.09. The molecule has 1 saturated heterocycles. The van der Waals surface area contributed by atoms with Crippen LogP contribution in [-0.4, -0.2) is 40.5 Å². The van der Waals surface area contributed by atoms with Crippen LogP contribution in [0.5, 0.6) is 0 Å². The molecule has 2 rings (SSSR count). The second-order valence-corrected chi connectivity index (χ2v) is 5.36. The Labute approximate surface area is 98.6 Å². The fourth-order valence-corrected chi connectivity index (χ4v) is 3.88. The molecule has 15 heavy (non-hydrogen) atoms. The third kappa shape index (κ3) is 1.35. The lowest BCUT2D eigenvalue weighted by Gasteiger charge is -2.52. The van der Waals surface area contributed by atoms with Crippen LogP contribution in [0.15, 0.2) is 12.2 Å². The highest BCUT2D eigenvalue weighted by Gasteiger charge is 2.62. The van der Waals surface area contributed by atoms with Gasteiger partial charge in [0.25, 0.3) is 0 Å². The predicted molar refractivity (Wildman–Crippen MR) is 61.2 cm³/mol. The molecular formula is C11H17BrO3. The second kappa shape index (κ2) is 3.29. The van der Waals surface area contributed by atoms with Crippen LogP contribution in [0.4, 0.5) is 0 Å². The Morgan fingerprint density at radius 1 is 1.53 bits per heavy atom. The van der Waals surface area contributed by atoms with E-state index in [0.717, 1.165) is 0 Å². The molecule has 0 aromatic carbocycles. The zero-order valence-corrected chi connectivity index (χ0v) is 10.9. The molecule has 3 nitrogen and oxygen atoms in total. The summed E-state index contributed by atoms with van der Waals surface area (Å²) in [5.41, 5.74) is -1.60. The molecule has 2 heterocycles. The molecule has 2 aliphatic heterocycles. The zero-order chi connectivity index (χ0) is 11.3. The molecule has 0 radical (unpaired) electrons. The monoisotopic (exact) mass is 276 g/mol. The van der Waals surface area contributed by atoms with E-state index in [1.807, 2.05) is 26.0 Å². The average molecular weight is 277 g/mol. The Balaban J connectivity index is 2.45. The van der Waals surface area contributed by atoms with Crippen molar-refractivity contribution in [1.29, 1.82) is 0 Å². The second-order valence-electron chi connectivity index (χ2n) is 4.80. The molecule has 1 N–H and O–H groups in total. The zero-order valence-electron chi connectivity index (χ0n) is 9.29. The molecule has 0 amide bonds. The summed E-state index contributed by atoms with van der Waals surface area (Å²) in [6.45, 7) is 3.95. The fraction of sp³-hybridized carbons (Fsp3) is 0.818. The maximum atomic E-state index is 10.3. The fourth-order valence-electron chi connectivity index (χ4n) is 2.72. The van der Waals surface area contributed by atoms with Gasteiger partial charge in [-0.2, -0.15) is 0 Å². The lowest BCUT2D eigenvalue weighted by molar-refractivity contribution is -0.261. The standard InChI is InChI=1S/C11H17BrO3/c1-9-4-5-10(2,15-9)11(7-12,14-3)8(13)6-9/h4-5,8,13H,6-7H2,1-3H3/t8-,9+,10-,11-/m0/s1. The smallest absolute Gasteiger partial charge is 0.135 e. The molecular weight excluding hydrogens is 260 g/mol. The van der Waals surface area contributed by atoms with E-state index < -0.39 is 17.3 Å². The van der Waals surface area contributed by atoms with E-state index in [1.54, 1.807) is 7.11 Å². The quantitative estimate of drug-likeness (QED) is 0.616. The van der Waals surface area contributed by atoms with Crippen molar-refractivity contribution in [1.82, 2.24) is 0 Å². The largest absolute Gasteiger partial charge is 0.390 e. The minimum atomic E-state index is -0.695. The summed E-state index contributed by atoms with van der Waals surface area (Å²) in [7, 11) is 1.62. The van der Waals surface area contributed by atoms with Gasteiger partial charge in [-0.3, -0.25) is 0 Å². The summed E-state index contributed by atoms with van der Waals surface area (Å²) in [5.74, 6) is 0. The number of halogens is 1. The molecule has 0 aliphatic carbocycles. The van der Waals surface area contributed by atoms with Gasteiger partial charge in [-0.05, 0) is 13.8 Å². The van der Waals surface area contributed by atoms with Gasteiger partial charge in [0.05, 0.1) is 11.7 Å². The van der Waals surface area contributed by atoms with Crippen molar-refractivity contribution in [2.45, 2.75) is 43.2 Å². The predicted octanol–water partition coefficient (Wildman–Crippen LogP) is 1.63. The van der Waals surface area contributed by atoms with Crippen LogP contribution in [0, 0.1) is 0 Å². The minimum absolute atomic E-state index is 0.349. The van der Waals surface area contributed by atoms with E-state index in [0.29, 0.717) is 11.8 Å². The van der Waals surface area contributed by atoms with Crippen molar-refractivity contribution >= 4 is 15.9 Å². The van der Waals surface area contributed by atoms with Crippen molar-refractivity contribution in [3.8, 4) is 0 Å². The Morgan fingerprint density at radius 2 is 2.20 bits per heavy atom. The number of ether oxygens (including phenoxy) is 2. The Bertz CT molecular complexity index is 300. The van der Waals surface area contributed by atoms with Crippen molar-refractivity contribution in [2.75, 3.05) is 12.4 Å². The van der Waals surface area contributed by atoms with Crippen molar-refractivity contribution in [3.63, 3.8) is 0 Å². The van der Waals surface area contributed by atoms with E-state index >= 15 is 0 Å². The Kier molecular flexibility index (Phi) is 2.54. The molecule has 4 atom stereocenters. The molecule has 86 valence electrons. The van der Waals surface area contributed by atoms with E-state index in [-0.39, 0.29) is 5.60 Å². The first-order chi connectivity index (χ1) is 6.91. The summed E-state index contributed by atoms with van der Waals surface area (Å²) in [6, 6.07) is 0. The van der Waals surface area contributed by atoms with E-state index in [9.17, 15) is 5.11 Å². The van der Waals surface area contributed by atoms with Crippen LogP contribution >= 0.6 is 15.9 Å². The number of aliphatic hydroxyl groups excluding tert-OH is 1. The van der Waals surface area contributed by atoms with Gasteiger partial charge in [-0.25, -0.2) is 0 Å². The van der Waals surface area contributed by atoms with Crippen LogP contribution in [0.25, 0.3) is 0 Å². The number of methoxy groups -OCH3 is 1. The summed E-state index contributed by atoms with van der Waals surface area (Å²) in [5, 5.41) is 10.8. The SMILES string of the molecule is CO[C@@]1(CBr)[C@@H](O)C[C@@]2(C)C=C[C@]1(C)O2. The number of rotatable bonds is 2. The molecule has 0 saturated carbocycles. The van der Waals surface area contributed by atoms with Crippen molar-refractivity contribution in [2.24, 2.45) is 0 Å². The molecule has 0 spiro atoms. The number of hydrogen-bond acceptors (Lipinski definition) is 3. The molecule has 1 fully saturated rings. The molecule has 0 aromatic rings. The van der Waals surface area contributed by atoms with Gasteiger partial charge >= 0.3 is 0 Å². The summed E-state index contributed by atoms with van der Waals surface area (Å²) in [4.78, 5) is 0. The Hall–Kier alpha value is 0.100. The van der Waals surface area contributed by atoms with Gasteiger partial charge in [0, 0.05) is 18.9 Å². The highest BCUT2D eigenvalue weighted by atomic mass is 79.9. The summed E-state index contributed by atoms with van der Waals surface area (Å²) >= 11 is 3.42. The van der Waals surface area contributed by atoms with E-state index in [4.69, 9.17) is 9.47 Å². The molecule has 2 aliphatic rings. The number of fused-ring (bicyclic) bond motifs is 2. The third-order valence-electron chi connectivity index (χ3n) is 3.74. The van der Waals surface area contributed by atoms with E-state index in [1.165, 1.54) is 0 Å². The highest BCUT2D eigenvalue weighted by Crippen LogP contribution is 2.50. The summed E-state index contributed by atoms with van der Waals surface area (Å²) < 4.78 is 11.6. The maximum Gasteiger partial charge on any atom is 0.135 e. The van der Waals surface area contributed by atoms with Crippen LogP contribution in [0.1, 0.15) is 20.3 Å². The third-order valence-corrected chi connectivity index (χ3v) is 4.57. The number of hydrogen-bond donors (Lipinski definition) is 1. The maximum absolute atomic E-state index is 10.3. The van der Waals surface area contributed by atoms with Gasteiger partial charge in [0.2, 0.25) is 0 Å². The number of aliphatic hydroxyl groups is 1. The van der Waals surface area contributed by atoms with Gasteiger partial charge in [-0.15, -0.1) is 0 Å². The lowest BCUT2D eigenvalue weighted by Crippen LogP contribution is -2.67. The van der Waals surface area contributed by atoms with Gasteiger partial charge in [-0.1, -0.05) is 28.1 Å². The normalized spacial score (nSPS) is 53.5. The topological polar surface area (TPSA) is 38.7 Å². The van der Waals surface area contributed by atoms with Crippen LogP contribution in [-0.2, 0) is 9.47 Å². The number of alkyl halides is 1.